The van der Waals surface area contributed by atoms with Gasteiger partial charge in [0.2, 0.25) is 5.91 Å². The van der Waals surface area contributed by atoms with Gasteiger partial charge in [-0.3, -0.25) is 9.78 Å². The van der Waals surface area contributed by atoms with Gasteiger partial charge in [0.05, 0.1) is 35.1 Å². The van der Waals surface area contributed by atoms with Gasteiger partial charge in [-0.25, -0.2) is 14.6 Å². The van der Waals surface area contributed by atoms with Crippen molar-refractivity contribution in [1.82, 2.24) is 34.8 Å². The predicted molar refractivity (Wildman–Crippen MR) is 125 cm³/mol. The predicted octanol–water partition coefficient (Wildman–Crippen LogP) is 3.50. The molecule has 0 aromatic carbocycles. The number of likely N-dealkylation sites (tertiary alicyclic amines) is 1. The number of piperidine rings is 1. The van der Waals surface area contributed by atoms with Gasteiger partial charge in [0, 0.05) is 24.8 Å². The van der Waals surface area contributed by atoms with Gasteiger partial charge in [-0.05, 0) is 43.9 Å². The van der Waals surface area contributed by atoms with Crippen LogP contribution < -0.4 is 5.73 Å². The van der Waals surface area contributed by atoms with Crippen LogP contribution in [0.4, 0.5) is 19.0 Å². The molecule has 13 heteroatoms. The van der Waals surface area contributed by atoms with E-state index in [2.05, 4.69) is 31.3 Å². The number of nitrogens with zero attached hydrogens (tertiary/aromatic N) is 8. The first kappa shape index (κ1) is 23.1. The van der Waals surface area contributed by atoms with Gasteiger partial charge in [-0.1, -0.05) is 5.21 Å². The Morgan fingerprint density at radius 2 is 1.89 bits per heavy atom. The molecule has 0 bridgehead atoms. The maximum atomic E-state index is 13.4. The number of anilines is 1. The zero-order chi connectivity index (χ0) is 25.9. The Morgan fingerprint density at radius 3 is 2.57 bits per heavy atom. The van der Waals surface area contributed by atoms with E-state index in [-0.39, 0.29) is 23.2 Å². The summed E-state index contributed by atoms with van der Waals surface area (Å²) in [7, 11) is 0. The van der Waals surface area contributed by atoms with E-state index in [0.717, 1.165) is 6.07 Å². The first-order valence-corrected chi connectivity index (χ1v) is 11.7. The number of carbonyl (C=O) groups excluding carboxylic acids is 1. The highest BCUT2D eigenvalue weighted by molar-refractivity contribution is 5.99. The number of nitrogen functional groups attached to an aromatic ring is 1. The molecule has 0 unspecified atom stereocenters. The lowest BCUT2D eigenvalue weighted by Crippen LogP contribution is -2.42. The van der Waals surface area contributed by atoms with E-state index in [0.29, 0.717) is 60.8 Å². The summed E-state index contributed by atoms with van der Waals surface area (Å²) >= 11 is 0. The number of halogens is 3. The second kappa shape index (κ2) is 8.09. The van der Waals surface area contributed by atoms with Gasteiger partial charge in [0.25, 0.3) is 0 Å². The SMILES string of the molecule is N#CC1(C(=O)N2CCC(n3nnc4cnc5ccc(-c6cnc(N)c(C(F)(F)F)c6)nc5c43)CC2)CC1. The minimum atomic E-state index is -4.65. The molecule has 2 N–H and O–H groups in total. The van der Waals surface area contributed by atoms with Crippen LogP contribution in [0.15, 0.2) is 30.6 Å². The van der Waals surface area contributed by atoms with Crippen molar-refractivity contribution in [3.8, 4) is 17.3 Å². The zero-order valence-corrected chi connectivity index (χ0v) is 19.4. The fourth-order valence-corrected chi connectivity index (χ4v) is 4.86. The lowest BCUT2D eigenvalue weighted by molar-refractivity contribution is -0.137. The monoisotopic (exact) mass is 507 g/mol. The molecule has 37 heavy (non-hydrogen) atoms. The number of hydrogen-bond acceptors (Lipinski definition) is 8. The topological polar surface area (TPSA) is 140 Å². The molecule has 2 fully saturated rings. The Labute approximate surface area is 207 Å². The standard InChI is InChI=1S/C24H20F3N9O/c25-24(26,27)15-9-13(10-31-21(15)29)16-1-2-17-19(32-16)20-18(11-30-17)33-34-36(20)14-3-7-35(8-4-14)22(37)23(12-28)5-6-23/h1-2,9-11,14H,3-8H2,(H2,29,31). The van der Waals surface area contributed by atoms with Crippen molar-refractivity contribution in [2.75, 3.05) is 18.8 Å². The van der Waals surface area contributed by atoms with E-state index in [9.17, 15) is 23.2 Å². The summed E-state index contributed by atoms with van der Waals surface area (Å²) in [6, 6.07) is 6.27. The smallest absolute Gasteiger partial charge is 0.383 e. The quantitative estimate of drug-likeness (QED) is 0.444. The Kier molecular flexibility index (Phi) is 5.05. The molecular weight excluding hydrogens is 487 g/mol. The summed E-state index contributed by atoms with van der Waals surface area (Å²) < 4.78 is 41.9. The average molecular weight is 507 g/mol. The number of aromatic nitrogens is 6. The van der Waals surface area contributed by atoms with Gasteiger partial charge in [0.15, 0.2) is 0 Å². The molecule has 188 valence electrons. The number of fused-ring (bicyclic) bond motifs is 3. The lowest BCUT2D eigenvalue weighted by Gasteiger charge is -2.33. The van der Waals surface area contributed by atoms with Crippen molar-refractivity contribution in [2.24, 2.45) is 5.41 Å². The number of nitriles is 1. The van der Waals surface area contributed by atoms with Crippen molar-refractivity contribution in [2.45, 2.75) is 37.9 Å². The molecule has 1 aliphatic carbocycles. The third-order valence-electron chi connectivity index (χ3n) is 7.14. The summed E-state index contributed by atoms with van der Waals surface area (Å²) in [4.78, 5) is 27.2. The highest BCUT2D eigenvalue weighted by atomic mass is 19.4. The Morgan fingerprint density at radius 1 is 1.14 bits per heavy atom. The van der Waals surface area contributed by atoms with Crippen LogP contribution in [0.1, 0.15) is 37.3 Å². The fourth-order valence-electron chi connectivity index (χ4n) is 4.86. The van der Waals surface area contributed by atoms with E-state index < -0.39 is 23.0 Å². The van der Waals surface area contributed by atoms with Crippen molar-refractivity contribution in [3.05, 3.63) is 36.2 Å². The summed E-state index contributed by atoms with van der Waals surface area (Å²) in [5, 5.41) is 17.9. The molecule has 6 rings (SSSR count). The molecule has 2 aliphatic rings. The number of amides is 1. The number of pyridine rings is 3. The molecule has 1 saturated carbocycles. The van der Waals surface area contributed by atoms with E-state index in [1.165, 1.54) is 6.20 Å². The van der Waals surface area contributed by atoms with Crippen LogP contribution in [0, 0.1) is 16.7 Å². The first-order chi connectivity index (χ1) is 17.7. The molecule has 1 amide bonds. The van der Waals surface area contributed by atoms with Gasteiger partial charge in [-0.2, -0.15) is 18.4 Å². The number of nitrogens with two attached hydrogens (primary N) is 1. The first-order valence-electron chi connectivity index (χ1n) is 11.7. The molecule has 0 spiro atoms. The van der Waals surface area contributed by atoms with Crippen molar-refractivity contribution < 1.29 is 18.0 Å². The van der Waals surface area contributed by atoms with E-state index in [1.54, 1.807) is 27.9 Å². The Bertz CT molecular complexity index is 1600. The van der Waals surface area contributed by atoms with E-state index in [4.69, 9.17) is 5.73 Å². The minimum absolute atomic E-state index is 0.0719. The fraction of sp³-hybridized carbons (Fsp3) is 0.375. The minimum Gasteiger partial charge on any atom is -0.383 e. The van der Waals surface area contributed by atoms with Crippen LogP contribution in [0.3, 0.4) is 0 Å². The van der Waals surface area contributed by atoms with Crippen molar-refractivity contribution in [3.63, 3.8) is 0 Å². The Balaban J connectivity index is 1.35. The maximum Gasteiger partial charge on any atom is 0.419 e. The van der Waals surface area contributed by atoms with Crippen LogP contribution in [0.5, 0.6) is 0 Å². The molecule has 5 heterocycles. The summed E-state index contributed by atoms with van der Waals surface area (Å²) in [5.41, 5.74) is 6.12. The van der Waals surface area contributed by atoms with E-state index in [1.807, 2.05) is 0 Å². The van der Waals surface area contributed by atoms with Crippen LogP contribution in [-0.2, 0) is 11.0 Å². The molecule has 4 aromatic heterocycles. The molecule has 1 aliphatic heterocycles. The van der Waals surface area contributed by atoms with Crippen molar-refractivity contribution in [1.29, 1.82) is 5.26 Å². The second-order valence-corrected chi connectivity index (χ2v) is 9.46. The third-order valence-corrected chi connectivity index (χ3v) is 7.14. The maximum absolute atomic E-state index is 13.4. The van der Waals surface area contributed by atoms with Crippen LogP contribution in [0.25, 0.3) is 33.3 Å². The molecule has 10 nitrogen and oxygen atoms in total. The number of hydrogen-bond donors (Lipinski definition) is 1. The molecular formula is C24H20F3N9O. The third kappa shape index (κ3) is 3.80. The molecule has 0 atom stereocenters. The van der Waals surface area contributed by atoms with Crippen LogP contribution in [-0.4, -0.2) is 53.8 Å². The average Bonchev–Trinajstić information content (AvgIpc) is 3.58. The van der Waals surface area contributed by atoms with Gasteiger partial charge in [-0.15, -0.1) is 5.10 Å². The molecule has 1 saturated heterocycles. The largest absolute Gasteiger partial charge is 0.419 e. The van der Waals surface area contributed by atoms with Crippen LogP contribution in [0.2, 0.25) is 0 Å². The van der Waals surface area contributed by atoms with Crippen molar-refractivity contribution >= 4 is 33.8 Å². The highest BCUT2D eigenvalue weighted by Gasteiger charge is 2.52. The summed E-state index contributed by atoms with van der Waals surface area (Å²) in [5.74, 6) is -0.705. The van der Waals surface area contributed by atoms with Gasteiger partial charge >= 0.3 is 6.18 Å². The lowest BCUT2D eigenvalue weighted by atomic mass is 10.0. The highest BCUT2D eigenvalue weighted by Crippen LogP contribution is 2.47. The Hall–Kier alpha value is -4.34. The van der Waals surface area contributed by atoms with Gasteiger partial charge < -0.3 is 10.6 Å². The summed E-state index contributed by atoms with van der Waals surface area (Å²) in [6.45, 7) is 0.987. The van der Waals surface area contributed by atoms with E-state index >= 15 is 0 Å². The number of alkyl halides is 3. The molecule has 0 radical (unpaired) electrons. The normalized spacial score (nSPS) is 17.7. The zero-order valence-electron chi connectivity index (χ0n) is 19.4. The van der Waals surface area contributed by atoms with Crippen LogP contribution >= 0.6 is 0 Å². The summed E-state index contributed by atoms with van der Waals surface area (Å²) in [6.07, 6.45) is 0.635. The second-order valence-electron chi connectivity index (χ2n) is 9.46. The number of carbonyl (C=O) groups is 1. The molecule has 4 aromatic rings. The number of rotatable bonds is 3. The van der Waals surface area contributed by atoms with Gasteiger partial charge in [0.1, 0.15) is 27.8 Å².